The second kappa shape index (κ2) is 64.3. The second-order valence-corrected chi connectivity index (χ2v) is 21.8. The number of esters is 4. The molecule has 12 nitrogen and oxygen atoms in total. The average Bonchev–Trinajstić information content (AvgIpc) is 3.41. The number of carboxylic acid groups (broad SMARTS) is 1. The van der Waals surface area contributed by atoms with Crippen LogP contribution in [0, 0.1) is 0 Å². The molecule has 78 heavy (non-hydrogen) atoms. The lowest BCUT2D eigenvalue weighted by atomic mass is 10.0. The van der Waals surface area contributed by atoms with Gasteiger partial charge in [-0.1, -0.05) is 272 Å². The van der Waals surface area contributed by atoms with E-state index in [0.29, 0.717) is 31.4 Å². The molecule has 4 N–H and O–H groups in total. The molecule has 1 unspecified atom stereocenters. The highest BCUT2D eigenvalue weighted by molar-refractivity contribution is 5.89. The number of rotatable bonds is 50. The van der Waals surface area contributed by atoms with E-state index in [1.54, 1.807) is 0 Å². The van der Waals surface area contributed by atoms with E-state index in [-0.39, 0.29) is 30.2 Å². The van der Waals surface area contributed by atoms with Crippen molar-refractivity contribution in [2.24, 2.45) is 0 Å². The SMILES string of the molecule is CCCCCCCCCCCCCC(=O)OC(C)C.CCCCCCCCCCCCCCCCCC(=O)O.CCCCCCCCCCCCCCCCCC(=O)OC(=O)C(O)CO.CCCOC(=O)c1ccc(O)cc1. The summed E-state index contributed by atoms with van der Waals surface area (Å²) in [5, 5.41) is 35.1. The molecule has 0 heterocycles. The average molecular weight is 1110 g/mol. The van der Waals surface area contributed by atoms with Crippen LogP contribution in [0.15, 0.2) is 24.3 Å². The minimum atomic E-state index is -1.62. The topological polar surface area (TPSA) is 194 Å². The molecular weight excluding hydrogens is 985 g/mol. The first-order valence-electron chi connectivity index (χ1n) is 32.2. The summed E-state index contributed by atoms with van der Waals surface area (Å²) in [6, 6.07) is 5.99. The standard InChI is InChI=1S/C21H40O5.C18H36O2.C17H34O2.C10H12O3/c1-2-3-4-5-6-7-8-9-10-11-12-13-14-15-16-17-20(24)26-21(25)19(23)18-22;1-2-3-4-5-6-7-8-9-10-11-12-13-14-15-16-17-18(19)20;1-4-5-6-7-8-9-10-11-12-13-14-15-17(18)19-16(2)3;1-2-7-13-10(12)8-3-5-9(11)6-4-8/h19,22-23H,2-18H2,1H3;2-17H2,1H3,(H,19,20);16H,4-15H2,1-3H3;3-6,11H,2,7H2,1H3. The highest BCUT2D eigenvalue weighted by atomic mass is 16.6. The number of unbranched alkanes of at least 4 members (excludes halogenated alkanes) is 38. The van der Waals surface area contributed by atoms with Crippen LogP contribution in [0.2, 0.25) is 0 Å². The third-order valence-corrected chi connectivity index (χ3v) is 13.5. The van der Waals surface area contributed by atoms with Crippen molar-refractivity contribution in [2.75, 3.05) is 13.2 Å². The molecule has 1 atom stereocenters. The van der Waals surface area contributed by atoms with Gasteiger partial charge in [0.25, 0.3) is 0 Å². The Kier molecular flexibility index (Phi) is 64.9. The summed E-state index contributed by atoms with van der Waals surface area (Å²) in [7, 11) is 0. The maximum Gasteiger partial charge on any atom is 0.345 e. The fourth-order valence-corrected chi connectivity index (χ4v) is 8.72. The maximum absolute atomic E-state index is 11.4. The smallest absolute Gasteiger partial charge is 0.345 e. The minimum Gasteiger partial charge on any atom is -0.508 e. The van der Waals surface area contributed by atoms with Crippen LogP contribution in [0.5, 0.6) is 5.75 Å². The quantitative estimate of drug-likeness (QED) is 0.0209. The van der Waals surface area contributed by atoms with Gasteiger partial charge in [0.1, 0.15) is 5.75 Å². The molecule has 1 rings (SSSR count). The molecule has 0 aliphatic carbocycles. The summed E-state index contributed by atoms with van der Waals surface area (Å²) < 4.78 is 14.4. The minimum absolute atomic E-state index is 0.0280. The van der Waals surface area contributed by atoms with Gasteiger partial charge in [0.2, 0.25) is 0 Å². The molecule has 0 fully saturated rings. The van der Waals surface area contributed by atoms with Crippen molar-refractivity contribution in [3.63, 3.8) is 0 Å². The van der Waals surface area contributed by atoms with Gasteiger partial charge in [-0.25, -0.2) is 9.59 Å². The Morgan fingerprint density at radius 2 is 0.718 bits per heavy atom. The van der Waals surface area contributed by atoms with Gasteiger partial charge in [-0.05, 0) is 63.8 Å². The van der Waals surface area contributed by atoms with Crippen LogP contribution in [-0.4, -0.2) is 75.7 Å². The van der Waals surface area contributed by atoms with Crippen LogP contribution in [0.4, 0.5) is 0 Å². The molecule has 0 amide bonds. The summed E-state index contributed by atoms with van der Waals surface area (Å²) in [6.45, 7) is 12.2. The Morgan fingerprint density at radius 3 is 1.00 bits per heavy atom. The van der Waals surface area contributed by atoms with Gasteiger partial charge < -0.3 is 34.6 Å². The molecule has 1 aromatic carbocycles. The Balaban J connectivity index is -0.000000985. The lowest BCUT2D eigenvalue weighted by Gasteiger charge is -2.07. The van der Waals surface area contributed by atoms with Gasteiger partial charge in [-0.15, -0.1) is 0 Å². The molecule has 0 aliphatic heterocycles. The molecule has 458 valence electrons. The highest BCUT2D eigenvalue weighted by Gasteiger charge is 2.18. The summed E-state index contributed by atoms with van der Waals surface area (Å²) >= 11 is 0. The van der Waals surface area contributed by atoms with Gasteiger partial charge in [0.15, 0.2) is 6.10 Å². The Hall–Kier alpha value is -3.51. The fourth-order valence-electron chi connectivity index (χ4n) is 8.72. The van der Waals surface area contributed by atoms with Crippen LogP contribution in [0.3, 0.4) is 0 Å². The van der Waals surface area contributed by atoms with E-state index in [2.05, 4.69) is 25.5 Å². The lowest BCUT2D eigenvalue weighted by molar-refractivity contribution is -0.167. The molecule has 0 bridgehead atoms. The van der Waals surface area contributed by atoms with Crippen molar-refractivity contribution >= 4 is 29.8 Å². The first kappa shape index (κ1) is 78.7. The Labute approximate surface area is 478 Å². The predicted octanol–water partition coefficient (Wildman–Crippen LogP) is 18.6. The Bertz CT molecular complexity index is 1450. The number of phenolic OH excluding ortho intramolecular Hbond substituents is 1. The summed E-state index contributed by atoms with van der Waals surface area (Å²) in [4.78, 5) is 55.3. The molecule has 0 radical (unpaired) electrons. The number of hydrogen-bond donors (Lipinski definition) is 4. The van der Waals surface area contributed by atoms with Crippen molar-refractivity contribution in [3.8, 4) is 5.75 Å². The number of aromatic hydroxyl groups is 1. The van der Waals surface area contributed by atoms with Gasteiger partial charge >= 0.3 is 29.8 Å². The van der Waals surface area contributed by atoms with E-state index >= 15 is 0 Å². The number of aliphatic hydroxyl groups is 2. The molecule has 0 aliphatic rings. The zero-order chi connectivity index (χ0) is 58.4. The number of benzene rings is 1. The zero-order valence-electron chi connectivity index (χ0n) is 51.3. The first-order valence-corrected chi connectivity index (χ1v) is 32.2. The maximum atomic E-state index is 11.4. The number of ether oxygens (including phenoxy) is 3. The van der Waals surface area contributed by atoms with E-state index in [4.69, 9.17) is 29.9 Å². The number of aliphatic hydroxyl groups excluding tert-OH is 2. The monoisotopic (exact) mass is 1110 g/mol. The molecule has 0 spiro atoms. The van der Waals surface area contributed by atoms with Crippen LogP contribution in [-0.2, 0) is 33.4 Å². The van der Waals surface area contributed by atoms with E-state index in [1.807, 2.05) is 20.8 Å². The molecule has 0 saturated heterocycles. The summed E-state index contributed by atoms with van der Waals surface area (Å²) in [5.41, 5.74) is 0.464. The van der Waals surface area contributed by atoms with Crippen molar-refractivity contribution in [3.05, 3.63) is 29.8 Å². The van der Waals surface area contributed by atoms with Crippen molar-refractivity contribution in [2.45, 2.75) is 343 Å². The van der Waals surface area contributed by atoms with Crippen LogP contribution < -0.4 is 0 Å². The van der Waals surface area contributed by atoms with Crippen molar-refractivity contribution in [1.82, 2.24) is 0 Å². The summed E-state index contributed by atoms with van der Waals surface area (Å²) in [5.74, 6) is -2.59. The third kappa shape index (κ3) is 65.0. The van der Waals surface area contributed by atoms with Gasteiger partial charge in [0.05, 0.1) is 24.9 Å². The highest BCUT2D eigenvalue weighted by Crippen LogP contribution is 2.17. The van der Waals surface area contributed by atoms with E-state index in [1.165, 1.54) is 249 Å². The molecule has 0 aromatic heterocycles. The van der Waals surface area contributed by atoms with Crippen LogP contribution in [0.25, 0.3) is 0 Å². The first-order chi connectivity index (χ1) is 37.8. The third-order valence-electron chi connectivity index (χ3n) is 13.5. The van der Waals surface area contributed by atoms with Crippen molar-refractivity contribution in [1.29, 1.82) is 0 Å². The molecular formula is C66H122O12. The molecule has 1 aromatic rings. The van der Waals surface area contributed by atoms with Crippen LogP contribution in [0.1, 0.15) is 341 Å². The van der Waals surface area contributed by atoms with Gasteiger partial charge in [0, 0.05) is 19.3 Å². The number of hydrogen-bond acceptors (Lipinski definition) is 11. The molecule has 12 heteroatoms. The van der Waals surface area contributed by atoms with E-state index in [9.17, 15) is 24.0 Å². The Morgan fingerprint density at radius 1 is 0.423 bits per heavy atom. The van der Waals surface area contributed by atoms with Crippen molar-refractivity contribution < 1.29 is 58.6 Å². The number of carboxylic acids is 1. The largest absolute Gasteiger partial charge is 0.508 e. The predicted molar refractivity (Wildman–Crippen MR) is 322 cm³/mol. The fraction of sp³-hybridized carbons (Fsp3) is 0.833. The van der Waals surface area contributed by atoms with Crippen LogP contribution >= 0.6 is 0 Å². The summed E-state index contributed by atoms with van der Waals surface area (Å²) in [6.07, 6.45) is 53.5. The van der Waals surface area contributed by atoms with E-state index in [0.717, 1.165) is 38.5 Å². The normalized spacial score (nSPS) is 11.1. The van der Waals surface area contributed by atoms with Gasteiger partial charge in [-0.3, -0.25) is 14.4 Å². The van der Waals surface area contributed by atoms with E-state index < -0.39 is 30.6 Å². The number of phenols is 1. The molecule has 0 saturated carbocycles. The number of carbonyl (C=O) groups excluding carboxylic acids is 4. The zero-order valence-corrected chi connectivity index (χ0v) is 51.3. The lowest BCUT2D eigenvalue weighted by Crippen LogP contribution is -2.28. The second-order valence-electron chi connectivity index (χ2n) is 21.8. The van der Waals surface area contributed by atoms with Gasteiger partial charge in [-0.2, -0.15) is 0 Å². The number of aliphatic carboxylic acids is 1. The number of carbonyl (C=O) groups is 5.